The molecule has 1 N–H and O–H groups in total. The second kappa shape index (κ2) is 5.06. The lowest BCUT2D eigenvalue weighted by Gasteiger charge is -2.07. The molecule has 3 aromatic rings. The number of hydrogen-bond donors (Lipinski definition) is 1. The first-order chi connectivity index (χ1) is 10.1. The van der Waals surface area contributed by atoms with Crippen LogP contribution in [-0.2, 0) is 6.42 Å². The van der Waals surface area contributed by atoms with Gasteiger partial charge in [-0.3, -0.25) is 0 Å². The molecule has 2 aromatic carbocycles. The van der Waals surface area contributed by atoms with E-state index < -0.39 is 0 Å². The Morgan fingerprint density at radius 2 is 1.95 bits per heavy atom. The molecule has 104 valence electrons. The van der Waals surface area contributed by atoms with E-state index in [-0.39, 0.29) is 12.2 Å². The molecule has 0 aliphatic rings. The van der Waals surface area contributed by atoms with E-state index in [4.69, 9.17) is 5.26 Å². The van der Waals surface area contributed by atoms with E-state index in [9.17, 15) is 4.39 Å². The van der Waals surface area contributed by atoms with Gasteiger partial charge in [0.25, 0.3) is 0 Å². The quantitative estimate of drug-likeness (QED) is 0.727. The first-order valence-electron chi connectivity index (χ1n) is 6.85. The molecule has 3 rings (SSSR count). The van der Waals surface area contributed by atoms with Crippen LogP contribution in [0.5, 0.6) is 0 Å². The Balaban J connectivity index is 2.34. The number of rotatable bonds is 2. The molecule has 0 aliphatic heterocycles. The fourth-order valence-electron chi connectivity index (χ4n) is 2.72. The zero-order chi connectivity index (χ0) is 15.0. The number of nitrogens with zero attached hydrogens (tertiary/aromatic N) is 1. The molecular weight excluding hydrogens is 263 g/mol. The number of halogens is 1. The predicted molar refractivity (Wildman–Crippen MR) is 82.5 cm³/mol. The van der Waals surface area contributed by atoms with Crippen molar-refractivity contribution < 1.29 is 4.39 Å². The zero-order valence-electron chi connectivity index (χ0n) is 12.0. The van der Waals surface area contributed by atoms with Crippen molar-refractivity contribution in [2.24, 2.45) is 0 Å². The second-order valence-corrected chi connectivity index (χ2v) is 5.32. The summed E-state index contributed by atoms with van der Waals surface area (Å²) in [6, 6.07) is 13.0. The summed E-state index contributed by atoms with van der Waals surface area (Å²) in [5, 5.41) is 9.89. The highest BCUT2D eigenvalue weighted by Crippen LogP contribution is 2.33. The van der Waals surface area contributed by atoms with Crippen LogP contribution in [-0.4, -0.2) is 4.98 Å². The van der Waals surface area contributed by atoms with Crippen molar-refractivity contribution in [3.63, 3.8) is 0 Å². The van der Waals surface area contributed by atoms with Crippen LogP contribution in [0.1, 0.15) is 16.7 Å². The smallest absolute Gasteiger partial charge is 0.123 e. The number of aryl methyl sites for hydroxylation is 2. The average molecular weight is 278 g/mol. The molecule has 0 bridgehead atoms. The van der Waals surface area contributed by atoms with Gasteiger partial charge >= 0.3 is 0 Å². The molecule has 3 heteroatoms. The Hall–Kier alpha value is -2.60. The van der Waals surface area contributed by atoms with Crippen LogP contribution in [0.25, 0.3) is 22.2 Å². The molecule has 0 spiro atoms. The molecule has 0 amide bonds. The lowest BCUT2D eigenvalue weighted by molar-refractivity contribution is 0.629. The van der Waals surface area contributed by atoms with E-state index in [0.717, 1.165) is 38.9 Å². The summed E-state index contributed by atoms with van der Waals surface area (Å²) in [5.41, 5.74) is 5.99. The van der Waals surface area contributed by atoms with Gasteiger partial charge in [0.15, 0.2) is 0 Å². The Labute approximate surface area is 122 Å². The number of fused-ring (bicyclic) bond motifs is 1. The number of aromatic amines is 1. The molecular formula is C18H15FN2. The number of nitriles is 1. The molecule has 2 nitrogen and oxygen atoms in total. The van der Waals surface area contributed by atoms with Crippen LogP contribution in [0.4, 0.5) is 4.39 Å². The molecule has 0 saturated heterocycles. The standard InChI is InChI=1S/C18H15FN2/c1-11-3-4-12(2)15(9-11)18-14(7-8-20)16-10-13(19)5-6-17(16)21-18/h3-6,9-10,21H,7H2,1-2H3. The predicted octanol–water partition coefficient (Wildman–Crippen LogP) is 4.66. The van der Waals surface area contributed by atoms with Crippen LogP contribution < -0.4 is 0 Å². The van der Waals surface area contributed by atoms with Crippen LogP contribution in [0.3, 0.4) is 0 Å². The van der Waals surface area contributed by atoms with Gasteiger partial charge in [-0.1, -0.05) is 17.7 Å². The molecule has 1 aromatic heterocycles. The van der Waals surface area contributed by atoms with Crippen LogP contribution in [0.2, 0.25) is 0 Å². The highest BCUT2D eigenvalue weighted by molar-refractivity contribution is 5.91. The fourth-order valence-corrected chi connectivity index (χ4v) is 2.72. The normalized spacial score (nSPS) is 10.8. The summed E-state index contributed by atoms with van der Waals surface area (Å²) in [6.07, 6.45) is 0.256. The van der Waals surface area contributed by atoms with Crippen LogP contribution >= 0.6 is 0 Å². The van der Waals surface area contributed by atoms with Gasteiger partial charge in [-0.15, -0.1) is 0 Å². The first kappa shape index (κ1) is 13.4. The number of hydrogen-bond acceptors (Lipinski definition) is 1. The molecule has 1 heterocycles. The Morgan fingerprint density at radius 3 is 2.71 bits per heavy atom. The summed E-state index contributed by atoms with van der Waals surface area (Å²) >= 11 is 0. The van der Waals surface area contributed by atoms with Gasteiger partial charge in [0, 0.05) is 16.5 Å². The highest BCUT2D eigenvalue weighted by Gasteiger charge is 2.15. The molecule has 0 fully saturated rings. The van der Waals surface area contributed by atoms with Gasteiger partial charge < -0.3 is 4.98 Å². The van der Waals surface area contributed by atoms with Crippen molar-refractivity contribution in [1.82, 2.24) is 4.98 Å². The first-order valence-corrected chi connectivity index (χ1v) is 6.85. The fraction of sp³-hybridized carbons (Fsp3) is 0.167. The van der Waals surface area contributed by atoms with Gasteiger partial charge in [-0.2, -0.15) is 5.26 Å². The van der Waals surface area contributed by atoms with Crippen molar-refractivity contribution in [3.05, 3.63) is 58.9 Å². The summed E-state index contributed by atoms with van der Waals surface area (Å²) in [6.45, 7) is 4.08. The topological polar surface area (TPSA) is 39.6 Å². The van der Waals surface area contributed by atoms with E-state index in [1.54, 1.807) is 6.07 Å². The molecule has 0 unspecified atom stereocenters. The third-order valence-electron chi connectivity index (χ3n) is 3.79. The molecule has 0 radical (unpaired) electrons. The van der Waals surface area contributed by atoms with E-state index in [0.29, 0.717) is 0 Å². The van der Waals surface area contributed by atoms with Crippen molar-refractivity contribution in [2.45, 2.75) is 20.3 Å². The second-order valence-electron chi connectivity index (χ2n) is 5.32. The van der Waals surface area contributed by atoms with Gasteiger partial charge in [-0.05, 0) is 49.2 Å². The van der Waals surface area contributed by atoms with E-state index in [2.05, 4.69) is 29.3 Å². The third-order valence-corrected chi connectivity index (χ3v) is 3.79. The summed E-state index contributed by atoms with van der Waals surface area (Å²) < 4.78 is 13.5. The average Bonchev–Trinajstić information content (AvgIpc) is 2.80. The van der Waals surface area contributed by atoms with Crippen molar-refractivity contribution in [3.8, 4) is 17.3 Å². The monoisotopic (exact) mass is 278 g/mol. The van der Waals surface area contributed by atoms with E-state index in [1.807, 2.05) is 13.8 Å². The van der Waals surface area contributed by atoms with Gasteiger partial charge in [0.05, 0.1) is 18.2 Å². The molecule has 21 heavy (non-hydrogen) atoms. The molecule has 0 saturated carbocycles. The third kappa shape index (κ3) is 2.30. The molecule has 0 aliphatic carbocycles. The lowest BCUT2D eigenvalue weighted by Crippen LogP contribution is -1.90. The SMILES string of the molecule is Cc1ccc(C)c(-c2[nH]c3ccc(F)cc3c2CC#N)c1. The number of H-pyrrole nitrogens is 1. The maximum absolute atomic E-state index is 13.5. The lowest BCUT2D eigenvalue weighted by atomic mass is 9.98. The van der Waals surface area contributed by atoms with Gasteiger partial charge in [-0.25, -0.2) is 4.39 Å². The van der Waals surface area contributed by atoms with Crippen LogP contribution in [0.15, 0.2) is 36.4 Å². The number of aromatic nitrogens is 1. The highest BCUT2D eigenvalue weighted by atomic mass is 19.1. The van der Waals surface area contributed by atoms with Crippen molar-refractivity contribution in [1.29, 1.82) is 5.26 Å². The van der Waals surface area contributed by atoms with Gasteiger partial charge in [0.2, 0.25) is 0 Å². The number of benzene rings is 2. The van der Waals surface area contributed by atoms with Crippen molar-refractivity contribution >= 4 is 10.9 Å². The minimum absolute atomic E-state index is 0.256. The summed E-state index contributed by atoms with van der Waals surface area (Å²) in [4.78, 5) is 3.34. The zero-order valence-corrected chi connectivity index (χ0v) is 12.0. The summed E-state index contributed by atoms with van der Waals surface area (Å²) in [7, 11) is 0. The maximum atomic E-state index is 13.5. The Bertz CT molecular complexity index is 869. The van der Waals surface area contributed by atoms with E-state index in [1.165, 1.54) is 12.1 Å². The summed E-state index contributed by atoms with van der Waals surface area (Å²) in [5.74, 6) is -0.284. The van der Waals surface area contributed by atoms with Crippen LogP contribution in [0, 0.1) is 31.0 Å². The maximum Gasteiger partial charge on any atom is 0.123 e. The minimum atomic E-state index is -0.284. The number of nitrogens with one attached hydrogen (secondary N) is 1. The largest absolute Gasteiger partial charge is 0.354 e. The Kier molecular flexibility index (Phi) is 3.23. The van der Waals surface area contributed by atoms with E-state index >= 15 is 0 Å². The Morgan fingerprint density at radius 1 is 1.14 bits per heavy atom. The van der Waals surface area contributed by atoms with Gasteiger partial charge in [0.1, 0.15) is 5.82 Å². The minimum Gasteiger partial charge on any atom is -0.354 e. The molecule has 0 atom stereocenters. The van der Waals surface area contributed by atoms with Crippen molar-refractivity contribution in [2.75, 3.05) is 0 Å².